The first-order chi connectivity index (χ1) is 11.2. The highest BCUT2D eigenvalue weighted by Crippen LogP contribution is 2.33. The minimum absolute atomic E-state index is 0.309. The molecule has 6 nitrogen and oxygen atoms in total. The lowest BCUT2D eigenvalue weighted by atomic mass is 9.84. The fourth-order valence-electron chi connectivity index (χ4n) is 4.13. The van der Waals surface area contributed by atoms with Gasteiger partial charge >= 0.3 is 0 Å². The van der Waals surface area contributed by atoms with Gasteiger partial charge in [0, 0.05) is 38.0 Å². The summed E-state index contributed by atoms with van der Waals surface area (Å²) in [7, 11) is 0. The number of carbonyl (C=O) groups is 1. The van der Waals surface area contributed by atoms with Gasteiger partial charge in [-0.2, -0.15) is 0 Å². The van der Waals surface area contributed by atoms with Gasteiger partial charge in [0.15, 0.2) is 0 Å². The molecule has 23 heavy (non-hydrogen) atoms. The molecule has 2 bridgehead atoms. The molecule has 5 rings (SSSR count). The zero-order chi connectivity index (χ0) is 15.8. The van der Waals surface area contributed by atoms with Crippen LogP contribution in [0.1, 0.15) is 50.8 Å². The van der Waals surface area contributed by atoms with Crippen LogP contribution in [0.5, 0.6) is 0 Å². The normalized spacial score (nSPS) is 28.7. The van der Waals surface area contributed by atoms with Crippen molar-refractivity contribution < 1.29 is 9.21 Å². The fourth-order valence-corrected chi connectivity index (χ4v) is 4.13. The quantitative estimate of drug-likeness (QED) is 0.848. The predicted octanol–water partition coefficient (Wildman–Crippen LogP) is 1.85. The van der Waals surface area contributed by atoms with Gasteiger partial charge in [0.05, 0.1) is 6.54 Å². The Labute approximate surface area is 137 Å². The first kappa shape index (κ1) is 15.1. The zero-order valence-corrected chi connectivity index (χ0v) is 13.9. The van der Waals surface area contributed by atoms with Gasteiger partial charge in [-0.05, 0) is 31.6 Å². The summed E-state index contributed by atoms with van der Waals surface area (Å²) in [5.41, 5.74) is 0. The summed E-state index contributed by atoms with van der Waals surface area (Å²) in [4.78, 5) is 17.2. The molecule has 3 saturated heterocycles. The number of aryl methyl sites for hydroxylation is 1. The third kappa shape index (κ3) is 3.01. The number of aromatic nitrogens is 2. The Morgan fingerprint density at radius 3 is 2.65 bits per heavy atom. The average molecular weight is 318 g/mol. The molecule has 0 N–H and O–H groups in total. The van der Waals surface area contributed by atoms with Crippen LogP contribution in [0.25, 0.3) is 0 Å². The van der Waals surface area contributed by atoms with E-state index in [9.17, 15) is 4.79 Å². The van der Waals surface area contributed by atoms with Gasteiger partial charge in [0.1, 0.15) is 0 Å². The molecule has 0 unspecified atom stereocenters. The van der Waals surface area contributed by atoms with Gasteiger partial charge in [0.25, 0.3) is 0 Å². The highest BCUT2D eigenvalue weighted by Gasteiger charge is 2.39. The van der Waals surface area contributed by atoms with Gasteiger partial charge < -0.3 is 9.32 Å². The topological polar surface area (TPSA) is 62.5 Å². The maximum atomic E-state index is 12.6. The molecule has 4 aliphatic rings. The lowest BCUT2D eigenvalue weighted by Gasteiger charge is -2.35. The number of piperidine rings is 1. The minimum Gasteiger partial charge on any atom is -0.424 e. The molecule has 126 valence electrons. The molecule has 1 aromatic heterocycles. The predicted molar refractivity (Wildman–Crippen MR) is 84.5 cm³/mol. The van der Waals surface area contributed by atoms with Crippen LogP contribution in [-0.4, -0.2) is 51.6 Å². The minimum atomic E-state index is 0.309. The second-order valence-corrected chi connectivity index (χ2v) is 7.34. The van der Waals surface area contributed by atoms with Crippen LogP contribution in [0.3, 0.4) is 0 Å². The summed E-state index contributed by atoms with van der Waals surface area (Å²) in [6, 6.07) is 0.440. The van der Waals surface area contributed by atoms with E-state index in [1.165, 1.54) is 19.3 Å². The summed E-state index contributed by atoms with van der Waals surface area (Å²) in [6.45, 7) is 5.60. The summed E-state index contributed by atoms with van der Waals surface area (Å²) >= 11 is 0. The van der Waals surface area contributed by atoms with Crippen molar-refractivity contribution in [3.63, 3.8) is 0 Å². The first-order valence-electron chi connectivity index (χ1n) is 9.07. The molecular weight excluding hydrogens is 292 g/mol. The van der Waals surface area contributed by atoms with Gasteiger partial charge in [0.2, 0.25) is 17.7 Å². The standard InChI is InChI=1S/C17H26N4O2/c1-2-15-18-19-16(23-15)11-20-8-12-6-7-14(20)10-21(9-12)17(22)13-4-3-5-13/h12-14H,2-11H2,1H3/t12-,14-/m1/s1. The van der Waals surface area contributed by atoms with E-state index in [2.05, 4.69) is 20.0 Å². The highest BCUT2D eigenvalue weighted by molar-refractivity contribution is 5.79. The van der Waals surface area contributed by atoms with Crippen molar-refractivity contribution >= 4 is 5.91 Å². The molecule has 4 fully saturated rings. The van der Waals surface area contributed by atoms with Crippen LogP contribution in [-0.2, 0) is 17.8 Å². The van der Waals surface area contributed by atoms with E-state index in [0.717, 1.165) is 45.4 Å². The van der Waals surface area contributed by atoms with E-state index in [4.69, 9.17) is 4.42 Å². The molecule has 0 spiro atoms. The van der Waals surface area contributed by atoms with Crippen molar-refractivity contribution in [1.29, 1.82) is 0 Å². The zero-order valence-electron chi connectivity index (χ0n) is 13.9. The highest BCUT2D eigenvalue weighted by atomic mass is 16.4. The van der Waals surface area contributed by atoms with Crippen molar-refractivity contribution in [2.45, 2.75) is 58.0 Å². The van der Waals surface area contributed by atoms with Crippen LogP contribution in [0.4, 0.5) is 0 Å². The van der Waals surface area contributed by atoms with E-state index in [1.807, 2.05) is 6.92 Å². The molecule has 1 saturated carbocycles. The summed E-state index contributed by atoms with van der Waals surface area (Å²) in [6.07, 6.45) is 6.60. The van der Waals surface area contributed by atoms with E-state index in [1.54, 1.807) is 0 Å². The number of nitrogens with zero attached hydrogens (tertiary/aromatic N) is 4. The lowest BCUT2D eigenvalue weighted by molar-refractivity contribution is -0.138. The molecule has 1 amide bonds. The van der Waals surface area contributed by atoms with Crippen molar-refractivity contribution in [2.75, 3.05) is 19.6 Å². The van der Waals surface area contributed by atoms with Crippen LogP contribution in [0, 0.1) is 11.8 Å². The van der Waals surface area contributed by atoms with Gasteiger partial charge in [-0.25, -0.2) is 0 Å². The second-order valence-electron chi connectivity index (χ2n) is 7.34. The van der Waals surface area contributed by atoms with E-state index in [-0.39, 0.29) is 0 Å². The molecule has 6 heteroatoms. The third-order valence-corrected chi connectivity index (χ3v) is 5.74. The Balaban J connectivity index is 1.43. The molecule has 2 atom stereocenters. The van der Waals surface area contributed by atoms with Gasteiger partial charge in [-0.3, -0.25) is 9.69 Å². The molecule has 4 heterocycles. The van der Waals surface area contributed by atoms with Crippen LogP contribution in [0.2, 0.25) is 0 Å². The van der Waals surface area contributed by atoms with Crippen molar-refractivity contribution in [2.24, 2.45) is 11.8 Å². The number of carbonyl (C=O) groups excluding carboxylic acids is 1. The van der Waals surface area contributed by atoms with Crippen molar-refractivity contribution in [3.05, 3.63) is 11.8 Å². The largest absolute Gasteiger partial charge is 0.424 e. The Bertz CT molecular complexity index is 569. The lowest BCUT2D eigenvalue weighted by Crippen LogP contribution is -2.45. The fraction of sp³-hybridized carbons (Fsp3) is 0.824. The van der Waals surface area contributed by atoms with Crippen molar-refractivity contribution in [3.8, 4) is 0 Å². The summed E-state index contributed by atoms with van der Waals surface area (Å²) in [5.74, 6) is 2.73. The molecular formula is C17H26N4O2. The van der Waals surface area contributed by atoms with Gasteiger partial charge in [-0.15, -0.1) is 10.2 Å². The van der Waals surface area contributed by atoms with E-state index >= 15 is 0 Å². The molecule has 3 aliphatic heterocycles. The Kier molecular flexibility index (Phi) is 4.09. The third-order valence-electron chi connectivity index (χ3n) is 5.74. The van der Waals surface area contributed by atoms with Crippen molar-refractivity contribution in [1.82, 2.24) is 20.0 Å². The molecule has 1 aliphatic carbocycles. The number of hydrogen-bond donors (Lipinski definition) is 0. The average Bonchev–Trinajstić information content (AvgIpc) is 2.75. The van der Waals surface area contributed by atoms with Gasteiger partial charge in [-0.1, -0.05) is 13.3 Å². The second kappa shape index (κ2) is 6.23. The summed E-state index contributed by atoms with van der Waals surface area (Å²) < 4.78 is 5.68. The number of fused-ring (bicyclic) bond motifs is 4. The molecule has 0 radical (unpaired) electrons. The maximum Gasteiger partial charge on any atom is 0.230 e. The Morgan fingerprint density at radius 2 is 1.96 bits per heavy atom. The SMILES string of the molecule is CCc1nnc(CN2C[C@H]3CC[C@@H]2CN(C(=O)C2CCC2)C3)o1. The van der Waals surface area contributed by atoms with Crippen LogP contribution >= 0.6 is 0 Å². The van der Waals surface area contributed by atoms with E-state index < -0.39 is 0 Å². The summed E-state index contributed by atoms with van der Waals surface area (Å²) in [5, 5.41) is 8.22. The smallest absolute Gasteiger partial charge is 0.230 e. The maximum absolute atomic E-state index is 12.6. The van der Waals surface area contributed by atoms with E-state index in [0.29, 0.717) is 35.6 Å². The Hall–Kier alpha value is -1.43. The van der Waals surface area contributed by atoms with Crippen LogP contribution < -0.4 is 0 Å². The number of rotatable bonds is 4. The number of hydrogen-bond acceptors (Lipinski definition) is 5. The monoisotopic (exact) mass is 318 g/mol. The first-order valence-corrected chi connectivity index (χ1v) is 9.07. The Morgan fingerprint density at radius 1 is 1.13 bits per heavy atom. The molecule has 1 aromatic rings. The number of amides is 1. The van der Waals surface area contributed by atoms with Crippen LogP contribution in [0.15, 0.2) is 4.42 Å². The molecule has 0 aromatic carbocycles.